The van der Waals surface area contributed by atoms with Crippen molar-refractivity contribution < 1.29 is 4.42 Å². The van der Waals surface area contributed by atoms with Crippen LogP contribution in [0.5, 0.6) is 0 Å². The second kappa shape index (κ2) is 3.47. The molecule has 80 valence electrons. The molecular formula is C9H4Cl2N4O. The normalized spacial score (nSPS) is 11.1. The minimum absolute atomic E-state index is 0.289. The van der Waals surface area contributed by atoms with Crippen LogP contribution in [0.4, 0.5) is 0 Å². The van der Waals surface area contributed by atoms with E-state index in [9.17, 15) is 0 Å². The third-order valence-electron chi connectivity index (χ3n) is 2.07. The van der Waals surface area contributed by atoms with Gasteiger partial charge in [0.2, 0.25) is 5.82 Å². The molecule has 0 N–H and O–H groups in total. The SMILES string of the molecule is Clc1ccc(-c2nnc3cncc(Cl)n23)o1. The molecule has 0 amide bonds. The molecule has 0 aliphatic heterocycles. The van der Waals surface area contributed by atoms with E-state index in [1.54, 1.807) is 22.7 Å². The molecule has 0 aliphatic rings. The van der Waals surface area contributed by atoms with Gasteiger partial charge < -0.3 is 4.42 Å². The molecule has 16 heavy (non-hydrogen) atoms. The predicted octanol–water partition coefficient (Wildman–Crippen LogP) is 2.69. The number of aromatic nitrogens is 4. The third-order valence-corrected chi connectivity index (χ3v) is 2.54. The zero-order chi connectivity index (χ0) is 11.1. The molecule has 5 nitrogen and oxygen atoms in total. The molecule has 3 aromatic heterocycles. The van der Waals surface area contributed by atoms with E-state index in [-0.39, 0.29) is 5.22 Å². The van der Waals surface area contributed by atoms with Gasteiger partial charge in [-0.2, -0.15) is 0 Å². The maximum Gasteiger partial charge on any atom is 0.205 e. The van der Waals surface area contributed by atoms with Crippen LogP contribution in [0.2, 0.25) is 10.4 Å². The summed E-state index contributed by atoms with van der Waals surface area (Å²) in [6, 6.07) is 3.34. The van der Waals surface area contributed by atoms with Gasteiger partial charge in [0.05, 0.1) is 12.4 Å². The Hall–Kier alpha value is -1.59. The number of furan rings is 1. The standard InChI is InChI=1S/C9H4Cl2N4O/c10-6-3-12-4-8-13-14-9(15(6)8)5-1-2-7(11)16-5/h1-4H. The summed E-state index contributed by atoms with van der Waals surface area (Å²) in [6.07, 6.45) is 3.07. The molecule has 0 aromatic carbocycles. The lowest BCUT2D eigenvalue weighted by Gasteiger charge is -1.97. The first-order valence-corrected chi connectivity index (χ1v) is 5.11. The van der Waals surface area contributed by atoms with Gasteiger partial charge in [0.15, 0.2) is 16.6 Å². The molecule has 0 saturated carbocycles. The smallest absolute Gasteiger partial charge is 0.205 e. The average molecular weight is 255 g/mol. The van der Waals surface area contributed by atoms with Crippen LogP contribution in [0.3, 0.4) is 0 Å². The molecule has 0 saturated heterocycles. The molecular weight excluding hydrogens is 251 g/mol. The molecule has 3 aromatic rings. The molecule has 7 heteroatoms. The van der Waals surface area contributed by atoms with Crippen molar-refractivity contribution in [3.63, 3.8) is 0 Å². The van der Waals surface area contributed by atoms with Gasteiger partial charge in [0.25, 0.3) is 0 Å². The van der Waals surface area contributed by atoms with Crippen molar-refractivity contribution in [3.8, 4) is 11.6 Å². The quantitative estimate of drug-likeness (QED) is 0.670. The van der Waals surface area contributed by atoms with Crippen molar-refractivity contribution in [1.82, 2.24) is 19.6 Å². The Kier molecular flexibility index (Phi) is 2.08. The average Bonchev–Trinajstić information content (AvgIpc) is 2.84. The van der Waals surface area contributed by atoms with Gasteiger partial charge in [-0.25, -0.2) is 0 Å². The minimum Gasteiger partial charge on any atom is -0.441 e. The number of halogens is 2. The second-order valence-electron chi connectivity index (χ2n) is 3.05. The number of rotatable bonds is 1. The number of fused-ring (bicyclic) bond motifs is 1. The van der Waals surface area contributed by atoms with Gasteiger partial charge >= 0.3 is 0 Å². The zero-order valence-corrected chi connectivity index (χ0v) is 9.27. The lowest BCUT2D eigenvalue weighted by atomic mass is 10.4. The highest BCUT2D eigenvalue weighted by atomic mass is 35.5. The lowest BCUT2D eigenvalue weighted by molar-refractivity contribution is 0.578. The van der Waals surface area contributed by atoms with Crippen LogP contribution < -0.4 is 0 Å². The Morgan fingerprint density at radius 1 is 1.12 bits per heavy atom. The van der Waals surface area contributed by atoms with E-state index in [0.29, 0.717) is 22.4 Å². The largest absolute Gasteiger partial charge is 0.441 e. The van der Waals surface area contributed by atoms with Crippen LogP contribution in [0.25, 0.3) is 17.2 Å². The molecule has 0 unspecified atom stereocenters. The van der Waals surface area contributed by atoms with Gasteiger partial charge in [-0.15, -0.1) is 10.2 Å². The molecule has 0 bridgehead atoms. The fourth-order valence-electron chi connectivity index (χ4n) is 1.41. The molecule has 0 radical (unpaired) electrons. The Morgan fingerprint density at radius 2 is 2.00 bits per heavy atom. The Bertz CT molecular complexity index is 660. The van der Waals surface area contributed by atoms with E-state index in [0.717, 1.165) is 0 Å². The first-order chi connectivity index (χ1) is 7.75. The first-order valence-electron chi connectivity index (χ1n) is 4.36. The highest BCUT2D eigenvalue weighted by Crippen LogP contribution is 2.25. The van der Waals surface area contributed by atoms with Crippen molar-refractivity contribution in [2.45, 2.75) is 0 Å². The summed E-state index contributed by atoms with van der Waals surface area (Å²) >= 11 is 11.7. The number of nitrogens with zero attached hydrogens (tertiary/aromatic N) is 4. The van der Waals surface area contributed by atoms with E-state index in [1.807, 2.05) is 0 Å². The van der Waals surface area contributed by atoms with Crippen molar-refractivity contribution >= 4 is 28.8 Å². The molecule has 0 spiro atoms. The summed E-state index contributed by atoms with van der Waals surface area (Å²) in [5, 5.41) is 8.60. The molecule has 3 rings (SSSR count). The van der Waals surface area contributed by atoms with Crippen LogP contribution in [0.15, 0.2) is 28.9 Å². The Morgan fingerprint density at radius 3 is 2.75 bits per heavy atom. The monoisotopic (exact) mass is 254 g/mol. The Labute approximate surface area is 99.6 Å². The highest BCUT2D eigenvalue weighted by Gasteiger charge is 2.13. The zero-order valence-electron chi connectivity index (χ0n) is 7.76. The first kappa shape index (κ1) is 9.62. The maximum absolute atomic E-state index is 6.01. The second-order valence-corrected chi connectivity index (χ2v) is 3.81. The van der Waals surface area contributed by atoms with Crippen LogP contribution in [0.1, 0.15) is 0 Å². The van der Waals surface area contributed by atoms with E-state index < -0.39 is 0 Å². The fourth-order valence-corrected chi connectivity index (χ4v) is 1.78. The lowest BCUT2D eigenvalue weighted by Crippen LogP contribution is -1.91. The van der Waals surface area contributed by atoms with E-state index in [4.69, 9.17) is 27.6 Å². The molecule has 0 fully saturated rings. The van der Waals surface area contributed by atoms with Gasteiger partial charge in [0.1, 0.15) is 5.15 Å². The van der Waals surface area contributed by atoms with Crippen molar-refractivity contribution in [1.29, 1.82) is 0 Å². The van der Waals surface area contributed by atoms with Gasteiger partial charge in [0, 0.05) is 0 Å². The predicted molar refractivity (Wildman–Crippen MR) is 58.5 cm³/mol. The van der Waals surface area contributed by atoms with E-state index in [2.05, 4.69) is 15.2 Å². The third kappa shape index (κ3) is 1.36. The minimum atomic E-state index is 0.289. The van der Waals surface area contributed by atoms with Crippen LogP contribution in [-0.2, 0) is 0 Å². The van der Waals surface area contributed by atoms with E-state index >= 15 is 0 Å². The van der Waals surface area contributed by atoms with Crippen LogP contribution in [-0.4, -0.2) is 19.6 Å². The van der Waals surface area contributed by atoms with Crippen LogP contribution >= 0.6 is 23.2 Å². The molecule has 0 atom stereocenters. The maximum atomic E-state index is 6.01. The van der Waals surface area contributed by atoms with E-state index in [1.165, 1.54) is 6.20 Å². The summed E-state index contributed by atoms with van der Waals surface area (Å²) in [5.41, 5.74) is 0.551. The Balaban J connectivity index is 2.32. The highest BCUT2D eigenvalue weighted by molar-refractivity contribution is 6.30. The molecule has 3 heterocycles. The summed E-state index contributed by atoms with van der Waals surface area (Å²) in [6.45, 7) is 0. The fraction of sp³-hybridized carbons (Fsp3) is 0. The van der Waals surface area contributed by atoms with Crippen molar-refractivity contribution in [3.05, 3.63) is 34.9 Å². The summed E-state index contributed by atoms with van der Waals surface area (Å²) in [7, 11) is 0. The van der Waals surface area contributed by atoms with Crippen molar-refractivity contribution in [2.24, 2.45) is 0 Å². The summed E-state index contributed by atoms with van der Waals surface area (Å²) < 4.78 is 6.88. The van der Waals surface area contributed by atoms with Crippen molar-refractivity contribution in [2.75, 3.05) is 0 Å². The number of hydrogen-bond donors (Lipinski definition) is 0. The van der Waals surface area contributed by atoms with Gasteiger partial charge in [-0.1, -0.05) is 11.6 Å². The summed E-state index contributed by atoms with van der Waals surface area (Å²) in [5.74, 6) is 1.000. The number of hydrogen-bond acceptors (Lipinski definition) is 4. The topological polar surface area (TPSA) is 56.2 Å². The van der Waals surface area contributed by atoms with Crippen LogP contribution in [0, 0.1) is 0 Å². The van der Waals surface area contributed by atoms with Gasteiger partial charge in [-0.05, 0) is 23.7 Å². The molecule has 0 aliphatic carbocycles. The van der Waals surface area contributed by atoms with Gasteiger partial charge in [-0.3, -0.25) is 9.38 Å². The summed E-state index contributed by atoms with van der Waals surface area (Å²) in [4.78, 5) is 3.91.